The van der Waals surface area contributed by atoms with E-state index in [1.165, 1.54) is 17.8 Å². The second kappa shape index (κ2) is 9.99. The minimum Gasteiger partial charge on any atom is -0.342 e. The standard InChI is InChI=1S/C15H22Cl2N2OS.ClH/c1-18-9-11-4-3-7-19(10-11)14(20)6-2-5-12-8-13(16)21-15(12)17;/h8,11,18H,2-7,9-10H2,1H3;1H. The van der Waals surface area contributed by atoms with Gasteiger partial charge in [0.2, 0.25) is 5.91 Å². The lowest BCUT2D eigenvalue weighted by Gasteiger charge is -2.32. The van der Waals surface area contributed by atoms with Crippen molar-refractivity contribution in [3.8, 4) is 0 Å². The van der Waals surface area contributed by atoms with Gasteiger partial charge in [0.15, 0.2) is 0 Å². The van der Waals surface area contributed by atoms with Gasteiger partial charge in [-0.2, -0.15) is 0 Å². The van der Waals surface area contributed by atoms with E-state index in [9.17, 15) is 4.79 Å². The van der Waals surface area contributed by atoms with Crippen molar-refractivity contribution in [3.05, 3.63) is 20.3 Å². The van der Waals surface area contributed by atoms with Gasteiger partial charge in [0.25, 0.3) is 0 Å². The largest absolute Gasteiger partial charge is 0.342 e. The third-order valence-corrected chi connectivity index (χ3v) is 5.50. The first-order valence-electron chi connectivity index (χ1n) is 7.46. The fourth-order valence-corrected chi connectivity index (χ4v) is 4.42. The van der Waals surface area contributed by atoms with Crippen LogP contribution in [0, 0.1) is 5.92 Å². The quantitative estimate of drug-likeness (QED) is 0.793. The van der Waals surface area contributed by atoms with E-state index in [2.05, 4.69) is 5.32 Å². The Labute approximate surface area is 152 Å². The molecule has 0 aliphatic carbocycles. The maximum Gasteiger partial charge on any atom is 0.222 e. The normalized spacial score (nSPS) is 18.1. The molecule has 3 nitrogen and oxygen atoms in total. The Balaban J connectivity index is 0.00000242. The highest BCUT2D eigenvalue weighted by atomic mass is 35.5. The van der Waals surface area contributed by atoms with Crippen LogP contribution in [0.5, 0.6) is 0 Å². The zero-order chi connectivity index (χ0) is 15.2. The zero-order valence-corrected chi connectivity index (χ0v) is 15.9. The maximum absolute atomic E-state index is 12.3. The maximum atomic E-state index is 12.3. The molecule has 2 rings (SSSR count). The molecule has 1 aromatic heterocycles. The summed E-state index contributed by atoms with van der Waals surface area (Å²) in [5, 5.41) is 3.21. The van der Waals surface area contributed by atoms with Crippen molar-refractivity contribution in [3.63, 3.8) is 0 Å². The van der Waals surface area contributed by atoms with Gasteiger partial charge < -0.3 is 10.2 Å². The van der Waals surface area contributed by atoms with E-state index >= 15 is 0 Å². The Morgan fingerprint density at radius 1 is 1.50 bits per heavy atom. The number of carbonyl (C=O) groups is 1. The molecule has 1 atom stereocenters. The van der Waals surface area contributed by atoms with Crippen molar-refractivity contribution in [2.45, 2.75) is 32.1 Å². The number of carbonyl (C=O) groups excluding carboxylic acids is 1. The molecule has 22 heavy (non-hydrogen) atoms. The second-order valence-electron chi connectivity index (χ2n) is 5.61. The SMILES string of the molecule is CNCC1CCCN(C(=O)CCCc2cc(Cl)sc2Cl)C1.Cl. The molecular weight excluding hydrogens is 363 g/mol. The lowest BCUT2D eigenvalue weighted by atomic mass is 9.97. The van der Waals surface area contributed by atoms with Crippen LogP contribution in [-0.2, 0) is 11.2 Å². The summed E-state index contributed by atoms with van der Waals surface area (Å²) in [4.78, 5) is 14.3. The van der Waals surface area contributed by atoms with Gasteiger partial charge >= 0.3 is 0 Å². The van der Waals surface area contributed by atoms with Crippen molar-refractivity contribution in [1.82, 2.24) is 10.2 Å². The summed E-state index contributed by atoms with van der Waals surface area (Å²) in [6.45, 7) is 2.79. The van der Waals surface area contributed by atoms with E-state index in [1.807, 2.05) is 18.0 Å². The number of thiophene rings is 1. The molecular formula is C15H23Cl3N2OS. The van der Waals surface area contributed by atoms with Crippen LogP contribution in [0.25, 0.3) is 0 Å². The summed E-state index contributed by atoms with van der Waals surface area (Å²) < 4.78 is 1.46. The number of halogens is 3. The number of hydrogen-bond acceptors (Lipinski definition) is 3. The zero-order valence-electron chi connectivity index (χ0n) is 12.7. The van der Waals surface area contributed by atoms with Crippen LogP contribution in [-0.4, -0.2) is 37.5 Å². The molecule has 1 N–H and O–H groups in total. The number of nitrogens with zero attached hydrogens (tertiary/aromatic N) is 1. The summed E-state index contributed by atoms with van der Waals surface area (Å²) in [5.41, 5.74) is 1.06. The van der Waals surface area contributed by atoms with Crippen LogP contribution in [0.1, 0.15) is 31.2 Å². The molecule has 1 fully saturated rings. The summed E-state index contributed by atoms with van der Waals surface area (Å²) >= 11 is 13.4. The highest BCUT2D eigenvalue weighted by Crippen LogP contribution is 2.32. The minimum absolute atomic E-state index is 0. The smallest absolute Gasteiger partial charge is 0.222 e. The van der Waals surface area contributed by atoms with Gasteiger partial charge in [-0.25, -0.2) is 0 Å². The summed E-state index contributed by atoms with van der Waals surface area (Å²) in [5.74, 6) is 0.867. The molecule has 1 amide bonds. The first kappa shape index (κ1) is 20.0. The van der Waals surface area contributed by atoms with E-state index in [4.69, 9.17) is 23.2 Å². The summed E-state index contributed by atoms with van der Waals surface area (Å²) in [6, 6.07) is 1.91. The van der Waals surface area contributed by atoms with Crippen molar-refractivity contribution in [2.24, 2.45) is 5.92 Å². The van der Waals surface area contributed by atoms with Crippen LogP contribution < -0.4 is 5.32 Å². The van der Waals surface area contributed by atoms with E-state index in [-0.39, 0.29) is 18.3 Å². The van der Waals surface area contributed by atoms with Crippen molar-refractivity contribution >= 4 is 52.9 Å². The second-order valence-corrected chi connectivity index (χ2v) is 7.89. The van der Waals surface area contributed by atoms with E-state index in [0.29, 0.717) is 16.7 Å². The fraction of sp³-hybridized carbons (Fsp3) is 0.667. The van der Waals surface area contributed by atoms with E-state index in [0.717, 1.165) is 48.8 Å². The number of aryl methyl sites for hydroxylation is 1. The molecule has 1 saturated heterocycles. The first-order chi connectivity index (χ1) is 10.1. The molecule has 126 valence electrons. The van der Waals surface area contributed by atoms with Gasteiger partial charge in [0, 0.05) is 19.5 Å². The lowest BCUT2D eigenvalue weighted by Crippen LogP contribution is -2.42. The molecule has 1 aliphatic rings. The lowest BCUT2D eigenvalue weighted by molar-refractivity contribution is -0.133. The van der Waals surface area contributed by atoms with Crippen molar-refractivity contribution in [1.29, 1.82) is 0 Å². The highest BCUT2D eigenvalue weighted by Gasteiger charge is 2.22. The van der Waals surface area contributed by atoms with Gasteiger partial charge in [-0.05, 0) is 56.8 Å². The molecule has 1 unspecified atom stereocenters. The molecule has 0 bridgehead atoms. The third-order valence-electron chi connectivity index (χ3n) is 3.93. The number of hydrogen-bond donors (Lipinski definition) is 1. The van der Waals surface area contributed by atoms with Crippen LogP contribution >= 0.6 is 46.9 Å². The first-order valence-corrected chi connectivity index (χ1v) is 9.03. The van der Waals surface area contributed by atoms with Gasteiger partial charge in [-0.15, -0.1) is 23.7 Å². The molecule has 2 heterocycles. The number of likely N-dealkylation sites (tertiary alicyclic amines) is 1. The summed E-state index contributed by atoms with van der Waals surface area (Å²) in [6.07, 6.45) is 4.58. The predicted molar refractivity (Wildman–Crippen MR) is 97.8 cm³/mol. The Morgan fingerprint density at radius 2 is 2.27 bits per heavy atom. The number of amides is 1. The van der Waals surface area contributed by atoms with E-state index in [1.54, 1.807) is 0 Å². The average Bonchev–Trinajstić information content (AvgIpc) is 2.77. The fourth-order valence-electron chi connectivity index (χ4n) is 2.88. The van der Waals surface area contributed by atoms with Crippen LogP contribution in [0.2, 0.25) is 8.67 Å². The number of nitrogens with one attached hydrogen (secondary N) is 1. The Bertz CT molecular complexity index is 479. The van der Waals surface area contributed by atoms with Gasteiger partial charge in [-0.1, -0.05) is 23.2 Å². The Hall–Kier alpha value is -0.000000000000000222. The molecule has 1 aromatic rings. The highest BCUT2D eigenvalue weighted by molar-refractivity contribution is 7.20. The van der Waals surface area contributed by atoms with Crippen molar-refractivity contribution < 1.29 is 4.79 Å². The third kappa shape index (κ3) is 5.89. The minimum atomic E-state index is 0. The van der Waals surface area contributed by atoms with Crippen molar-refractivity contribution in [2.75, 3.05) is 26.7 Å². The molecule has 0 radical (unpaired) electrons. The van der Waals surface area contributed by atoms with Crippen LogP contribution in [0.15, 0.2) is 6.07 Å². The number of piperidine rings is 1. The molecule has 0 aromatic carbocycles. The van der Waals surface area contributed by atoms with Gasteiger partial charge in [0.1, 0.15) is 0 Å². The Morgan fingerprint density at radius 3 is 2.91 bits per heavy atom. The number of rotatable bonds is 6. The van der Waals surface area contributed by atoms with Gasteiger partial charge in [0.05, 0.1) is 8.67 Å². The molecule has 1 aliphatic heterocycles. The topological polar surface area (TPSA) is 32.3 Å². The predicted octanol–water partition coefficient (Wildman–Crippen LogP) is 4.26. The van der Waals surface area contributed by atoms with Crippen LogP contribution in [0.4, 0.5) is 0 Å². The molecule has 0 saturated carbocycles. The van der Waals surface area contributed by atoms with Gasteiger partial charge in [-0.3, -0.25) is 4.79 Å². The molecule has 7 heteroatoms. The molecule has 0 spiro atoms. The summed E-state index contributed by atoms with van der Waals surface area (Å²) in [7, 11) is 1.97. The van der Waals surface area contributed by atoms with Crippen LogP contribution in [0.3, 0.4) is 0 Å². The van der Waals surface area contributed by atoms with E-state index < -0.39 is 0 Å². The Kier molecular flexibility index (Phi) is 9.10. The average molecular weight is 386 g/mol. The monoisotopic (exact) mass is 384 g/mol.